The van der Waals surface area contributed by atoms with Crippen LogP contribution in [0.25, 0.3) is 0 Å². The number of pyridine rings is 1. The van der Waals surface area contributed by atoms with Crippen LogP contribution in [0.3, 0.4) is 0 Å². The molecule has 0 radical (unpaired) electrons. The first-order valence-electron chi connectivity index (χ1n) is 3.82. The van der Waals surface area contributed by atoms with Crippen LogP contribution in [-0.2, 0) is 0 Å². The summed E-state index contributed by atoms with van der Waals surface area (Å²) in [6, 6.07) is 2.84. The lowest BCUT2D eigenvalue weighted by Gasteiger charge is -2.16. The molecule has 1 N–H and O–H groups in total. The summed E-state index contributed by atoms with van der Waals surface area (Å²) in [5, 5.41) is 2.20. The molecule has 0 saturated heterocycles. The van der Waals surface area contributed by atoms with E-state index in [1.807, 2.05) is 0 Å². The van der Waals surface area contributed by atoms with Crippen LogP contribution in [0.5, 0.6) is 0 Å². The number of nitrogens with one attached hydrogen (secondary N) is 1. The Morgan fingerprint density at radius 3 is 2.36 bits per heavy atom. The Morgan fingerprint density at radius 2 is 1.86 bits per heavy atom. The van der Waals surface area contributed by atoms with Crippen molar-refractivity contribution in [1.29, 1.82) is 0 Å². The normalized spacial score (nSPS) is 11.8. The molecule has 0 spiro atoms. The van der Waals surface area contributed by atoms with Crippen molar-refractivity contribution in [2.45, 2.75) is 12.3 Å². The molecule has 0 amide bonds. The molecule has 6 heteroatoms. The number of halogens is 4. The third-order valence-electron chi connectivity index (χ3n) is 1.53. The molecule has 0 unspecified atom stereocenters. The van der Waals surface area contributed by atoms with Crippen molar-refractivity contribution in [2.24, 2.45) is 0 Å². The lowest BCUT2D eigenvalue weighted by molar-refractivity contribution is -0.117. The monoisotopic (exact) mass is 208 g/mol. The highest BCUT2D eigenvalue weighted by atomic mass is 19.3. The van der Waals surface area contributed by atoms with E-state index in [9.17, 15) is 17.6 Å². The molecule has 0 aliphatic heterocycles. The predicted molar refractivity (Wildman–Crippen MR) is 43.7 cm³/mol. The number of hydrogen-bond acceptors (Lipinski definition) is 2. The van der Waals surface area contributed by atoms with E-state index in [0.29, 0.717) is 5.69 Å². The van der Waals surface area contributed by atoms with Crippen molar-refractivity contribution in [1.82, 2.24) is 4.98 Å². The van der Waals surface area contributed by atoms with E-state index < -0.39 is 18.9 Å². The third-order valence-corrected chi connectivity index (χ3v) is 1.53. The van der Waals surface area contributed by atoms with Crippen LogP contribution in [0.2, 0.25) is 0 Å². The minimum Gasteiger partial charge on any atom is -0.379 e. The van der Waals surface area contributed by atoms with Gasteiger partial charge in [0.25, 0.3) is 0 Å². The molecule has 1 aromatic heterocycles. The first-order chi connectivity index (χ1) is 6.52. The smallest absolute Gasteiger partial charge is 0.324 e. The Labute approximate surface area is 78.0 Å². The maximum atomic E-state index is 12.4. The molecule has 0 atom stereocenters. The fraction of sp³-hybridized carbons (Fsp3) is 0.375. The summed E-state index contributed by atoms with van der Waals surface area (Å²) in [5.41, 5.74) is 0.334. The molecule has 0 bridgehead atoms. The molecule has 0 aliphatic rings. The standard InChI is InChI=1S/C8H8F4N2/c9-7(10)8(11,12)5-14-6-1-3-13-4-2-6/h1-4,7H,5H2,(H,13,14). The zero-order chi connectivity index (χ0) is 10.6. The van der Waals surface area contributed by atoms with Crippen LogP contribution in [0.4, 0.5) is 23.2 Å². The third kappa shape index (κ3) is 2.86. The van der Waals surface area contributed by atoms with E-state index in [-0.39, 0.29) is 0 Å². The summed E-state index contributed by atoms with van der Waals surface area (Å²) < 4.78 is 48.2. The molecule has 1 aromatic rings. The van der Waals surface area contributed by atoms with Crippen molar-refractivity contribution < 1.29 is 17.6 Å². The highest BCUT2D eigenvalue weighted by Crippen LogP contribution is 2.22. The van der Waals surface area contributed by atoms with E-state index in [4.69, 9.17) is 0 Å². The number of rotatable bonds is 4. The number of nitrogens with zero attached hydrogens (tertiary/aromatic N) is 1. The lowest BCUT2D eigenvalue weighted by Crippen LogP contribution is -2.34. The van der Waals surface area contributed by atoms with Crippen molar-refractivity contribution >= 4 is 5.69 Å². The van der Waals surface area contributed by atoms with Gasteiger partial charge in [-0.2, -0.15) is 8.78 Å². The van der Waals surface area contributed by atoms with Gasteiger partial charge in [0.05, 0.1) is 6.54 Å². The zero-order valence-electron chi connectivity index (χ0n) is 7.05. The van der Waals surface area contributed by atoms with Crippen LogP contribution < -0.4 is 5.32 Å². The Hall–Kier alpha value is -1.33. The van der Waals surface area contributed by atoms with Gasteiger partial charge in [0.15, 0.2) is 0 Å². The molecule has 0 aliphatic carbocycles. The summed E-state index contributed by atoms with van der Waals surface area (Å²) in [6.07, 6.45) is -0.900. The van der Waals surface area contributed by atoms with Crippen LogP contribution in [0.15, 0.2) is 24.5 Å². The van der Waals surface area contributed by atoms with E-state index in [2.05, 4.69) is 10.3 Å². The van der Waals surface area contributed by atoms with Crippen LogP contribution in [0.1, 0.15) is 0 Å². The van der Waals surface area contributed by atoms with Gasteiger partial charge in [-0.3, -0.25) is 4.98 Å². The summed E-state index contributed by atoms with van der Waals surface area (Å²) in [7, 11) is 0. The van der Waals surface area contributed by atoms with Crippen molar-refractivity contribution in [3.63, 3.8) is 0 Å². The molecular weight excluding hydrogens is 200 g/mol. The second-order valence-corrected chi connectivity index (χ2v) is 2.65. The summed E-state index contributed by atoms with van der Waals surface area (Å²) in [6.45, 7) is -1.09. The Kier molecular flexibility index (Phi) is 3.27. The average molecular weight is 208 g/mol. The van der Waals surface area contributed by atoms with Gasteiger partial charge in [0, 0.05) is 18.1 Å². The number of anilines is 1. The predicted octanol–water partition coefficient (Wildman–Crippen LogP) is 2.39. The van der Waals surface area contributed by atoms with Gasteiger partial charge in [-0.1, -0.05) is 0 Å². The molecule has 0 fully saturated rings. The highest BCUT2D eigenvalue weighted by Gasteiger charge is 2.40. The van der Waals surface area contributed by atoms with Crippen molar-refractivity contribution in [3.8, 4) is 0 Å². The van der Waals surface area contributed by atoms with E-state index in [0.717, 1.165) is 0 Å². The zero-order valence-corrected chi connectivity index (χ0v) is 7.05. The van der Waals surface area contributed by atoms with Crippen molar-refractivity contribution in [3.05, 3.63) is 24.5 Å². The number of alkyl halides is 4. The first-order valence-corrected chi connectivity index (χ1v) is 3.82. The molecule has 1 heterocycles. The second kappa shape index (κ2) is 4.26. The summed E-state index contributed by atoms with van der Waals surface area (Å²) in [4.78, 5) is 3.65. The van der Waals surface area contributed by atoms with Gasteiger partial charge in [0.2, 0.25) is 0 Å². The largest absolute Gasteiger partial charge is 0.379 e. The van der Waals surface area contributed by atoms with Crippen LogP contribution in [0, 0.1) is 0 Å². The molecule has 0 saturated carbocycles. The second-order valence-electron chi connectivity index (χ2n) is 2.65. The van der Waals surface area contributed by atoms with Gasteiger partial charge in [-0.15, -0.1) is 0 Å². The average Bonchev–Trinajstić information content (AvgIpc) is 2.16. The molecule has 0 aromatic carbocycles. The maximum absolute atomic E-state index is 12.4. The van der Waals surface area contributed by atoms with Gasteiger partial charge < -0.3 is 5.32 Å². The summed E-state index contributed by atoms with van der Waals surface area (Å²) in [5.74, 6) is -4.01. The molecule has 2 nitrogen and oxygen atoms in total. The highest BCUT2D eigenvalue weighted by molar-refractivity contribution is 5.40. The number of aromatic nitrogens is 1. The fourth-order valence-corrected chi connectivity index (χ4v) is 0.767. The van der Waals surface area contributed by atoms with Gasteiger partial charge >= 0.3 is 12.3 Å². The molecule has 1 rings (SSSR count). The van der Waals surface area contributed by atoms with Crippen molar-refractivity contribution in [2.75, 3.05) is 11.9 Å². The van der Waals surface area contributed by atoms with Gasteiger partial charge in [-0.05, 0) is 12.1 Å². The molecule has 78 valence electrons. The maximum Gasteiger partial charge on any atom is 0.324 e. The minimum absolute atomic E-state index is 0.334. The molecular formula is C8H8F4N2. The first kappa shape index (κ1) is 10.7. The van der Waals surface area contributed by atoms with Gasteiger partial charge in [-0.25, -0.2) is 8.78 Å². The van der Waals surface area contributed by atoms with E-state index in [1.54, 1.807) is 0 Å². The lowest BCUT2D eigenvalue weighted by atomic mass is 10.3. The van der Waals surface area contributed by atoms with Crippen LogP contribution in [-0.4, -0.2) is 23.9 Å². The van der Waals surface area contributed by atoms with Crippen LogP contribution >= 0.6 is 0 Å². The Balaban J connectivity index is 2.49. The minimum atomic E-state index is -4.01. The quantitative estimate of drug-likeness (QED) is 0.768. The SMILES string of the molecule is FC(F)C(F)(F)CNc1ccncc1. The molecule has 14 heavy (non-hydrogen) atoms. The fourth-order valence-electron chi connectivity index (χ4n) is 0.767. The van der Waals surface area contributed by atoms with Gasteiger partial charge in [0.1, 0.15) is 0 Å². The Morgan fingerprint density at radius 1 is 1.29 bits per heavy atom. The van der Waals surface area contributed by atoms with E-state index in [1.165, 1.54) is 24.5 Å². The number of hydrogen-bond donors (Lipinski definition) is 1. The topological polar surface area (TPSA) is 24.9 Å². The Bertz CT molecular complexity index is 276. The summed E-state index contributed by atoms with van der Waals surface area (Å²) >= 11 is 0. The van der Waals surface area contributed by atoms with E-state index >= 15 is 0 Å².